The molecule has 0 spiro atoms. The number of nitrogens with one attached hydrogen (secondary N) is 1. The number of carboxylic acids is 1. The molecule has 0 radical (unpaired) electrons. The number of nitrogens with two attached hydrogens (primary N) is 1. The van der Waals surface area contributed by atoms with E-state index in [1.807, 2.05) is 13.8 Å². The number of phenolic OH excluding ortho intramolecular Hbond substituents is 1. The lowest BCUT2D eigenvalue weighted by atomic mass is 9.99. The van der Waals surface area contributed by atoms with Crippen LogP contribution in [0.3, 0.4) is 0 Å². The minimum atomic E-state index is -1.23. The van der Waals surface area contributed by atoms with E-state index in [0.717, 1.165) is 12.5 Å². The summed E-state index contributed by atoms with van der Waals surface area (Å²) in [7, 11) is 0. The van der Waals surface area contributed by atoms with E-state index in [2.05, 4.69) is 5.32 Å². The van der Waals surface area contributed by atoms with Crippen molar-refractivity contribution in [2.75, 3.05) is 5.32 Å². The number of hydrogen-bond donors (Lipinski definition) is 4. The van der Waals surface area contributed by atoms with E-state index >= 15 is 0 Å². The molecule has 1 aromatic carbocycles. The largest absolute Gasteiger partial charge is 0.508 e. The highest BCUT2D eigenvalue weighted by Gasteiger charge is 2.21. The zero-order valence-electron chi connectivity index (χ0n) is 10.9. The van der Waals surface area contributed by atoms with E-state index in [0.29, 0.717) is 0 Å². The van der Waals surface area contributed by atoms with Gasteiger partial charge < -0.3 is 21.3 Å². The second kappa shape index (κ2) is 6.19. The first-order valence-electron chi connectivity index (χ1n) is 5.99. The lowest BCUT2D eigenvalue weighted by Gasteiger charge is -2.18. The lowest BCUT2D eigenvalue weighted by Crippen LogP contribution is -2.40. The lowest BCUT2D eigenvalue weighted by molar-refractivity contribution is -0.118. The van der Waals surface area contributed by atoms with E-state index in [9.17, 15) is 14.7 Å². The summed E-state index contributed by atoms with van der Waals surface area (Å²) in [6.45, 7) is 3.76. The second-order valence-electron chi connectivity index (χ2n) is 4.44. The first kappa shape index (κ1) is 15.0. The molecule has 0 fully saturated rings. The van der Waals surface area contributed by atoms with Gasteiger partial charge in [0, 0.05) is 0 Å². The Morgan fingerprint density at radius 3 is 2.58 bits per heavy atom. The van der Waals surface area contributed by atoms with Gasteiger partial charge >= 0.3 is 5.97 Å². The highest BCUT2D eigenvalue weighted by atomic mass is 16.4. The minimum Gasteiger partial charge on any atom is -0.508 e. The Balaban J connectivity index is 2.94. The van der Waals surface area contributed by atoms with Crippen molar-refractivity contribution in [1.82, 2.24) is 0 Å². The van der Waals surface area contributed by atoms with Gasteiger partial charge in [0.25, 0.3) is 0 Å². The van der Waals surface area contributed by atoms with Crippen LogP contribution in [0.4, 0.5) is 5.69 Å². The highest BCUT2D eigenvalue weighted by molar-refractivity contribution is 6.02. The summed E-state index contributed by atoms with van der Waals surface area (Å²) in [5, 5.41) is 20.7. The first-order valence-corrected chi connectivity index (χ1v) is 5.99. The average Bonchev–Trinajstić information content (AvgIpc) is 2.38. The molecule has 1 unspecified atom stereocenters. The molecule has 2 atom stereocenters. The predicted molar refractivity (Wildman–Crippen MR) is 71.1 cm³/mol. The Hall–Kier alpha value is -2.08. The van der Waals surface area contributed by atoms with Crippen molar-refractivity contribution in [3.05, 3.63) is 23.8 Å². The molecule has 0 heterocycles. The van der Waals surface area contributed by atoms with Gasteiger partial charge in [-0.25, -0.2) is 4.79 Å². The first-order chi connectivity index (χ1) is 8.86. The van der Waals surface area contributed by atoms with Gasteiger partial charge in [-0.2, -0.15) is 0 Å². The van der Waals surface area contributed by atoms with Crippen LogP contribution in [0.2, 0.25) is 0 Å². The molecule has 1 amide bonds. The van der Waals surface area contributed by atoms with Crippen LogP contribution in [0.15, 0.2) is 18.2 Å². The van der Waals surface area contributed by atoms with Gasteiger partial charge in [0.15, 0.2) is 0 Å². The third-order valence-corrected chi connectivity index (χ3v) is 3.05. The van der Waals surface area contributed by atoms with Crippen LogP contribution in [-0.2, 0) is 4.79 Å². The molecule has 0 aliphatic heterocycles. The van der Waals surface area contributed by atoms with Crippen molar-refractivity contribution in [3.63, 3.8) is 0 Å². The van der Waals surface area contributed by atoms with Gasteiger partial charge in [-0.05, 0) is 24.1 Å². The molecule has 1 rings (SSSR count). The zero-order chi connectivity index (χ0) is 14.6. The van der Waals surface area contributed by atoms with Crippen LogP contribution in [0.1, 0.15) is 30.6 Å². The molecule has 19 heavy (non-hydrogen) atoms. The van der Waals surface area contributed by atoms with Crippen molar-refractivity contribution in [1.29, 1.82) is 0 Å². The summed E-state index contributed by atoms with van der Waals surface area (Å²) < 4.78 is 0. The average molecular weight is 266 g/mol. The Labute approximate surface area is 111 Å². The highest BCUT2D eigenvalue weighted by Crippen LogP contribution is 2.22. The number of aromatic hydroxyl groups is 1. The Morgan fingerprint density at radius 2 is 2.05 bits per heavy atom. The van der Waals surface area contributed by atoms with Gasteiger partial charge in [-0.15, -0.1) is 0 Å². The van der Waals surface area contributed by atoms with Gasteiger partial charge in [0.1, 0.15) is 5.75 Å². The van der Waals surface area contributed by atoms with Crippen molar-refractivity contribution in [3.8, 4) is 5.75 Å². The van der Waals surface area contributed by atoms with Crippen molar-refractivity contribution in [2.45, 2.75) is 26.3 Å². The molecule has 1 aromatic rings. The maximum atomic E-state index is 11.9. The Bertz CT molecular complexity index is 488. The van der Waals surface area contributed by atoms with Crippen molar-refractivity contribution >= 4 is 17.6 Å². The van der Waals surface area contributed by atoms with Crippen LogP contribution in [0, 0.1) is 5.92 Å². The smallest absolute Gasteiger partial charge is 0.337 e. The van der Waals surface area contributed by atoms with E-state index in [4.69, 9.17) is 10.8 Å². The standard InChI is InChI=1S/C13H18N2O4/c1-3-7(2)11(14)12(17)15-10-5-4-8(16)6-9(10)13(18)19/h4-7,11,16H,3,14H2,1-2H3,(H,15,17)(H,18,19)/t7?,11-/m0/s1. The maximum absolute atomic E-state index is 11.9. The molecular formula is C13H18N2O4. The summed E-state index contributed by atoms with van der Waals surface area (Å²) in [6, 6.07) is 3.00. The van der Waals surface area contributed by atoms with Crippen molar-refractivity contribution < 1.29 is 19.8 Å². The van der Waals surface area contributed by atoms with E-state index in [1.54, 1.807) is 0 Å². The number of carbonyl (C=O) groups excluding carboxylic acids is 1. The molecule has 6 heteroatoms. The molecule has 0 saturated carbocycles. The monoisotopic (exact) mass is 266 g/mol. The molecule has 0 aliphatic rings. The van der Waals surface area contributed by atoms with Crippen LogP contribution in [-0.4, -0.2) is 28.1 Å². The number of phenols is 1. The topological polar surface area (TPSA) is 113 Å². The number of amides is 1. The normalized spacial score (nSPS) is 13.6. The van der Waals surface area contributed by atoms with Gasteiger partial charge in [0.05, 0.1) is 17.3 Å². The molecule has 0 saturated heterocycles. The number of carboxylic acid groups (broad SMARTS) is 1. The van der Waals surface area contributed by atoms with E-state index < -0.39 is 17.9 Å². The number of rotatable bonds is 5. The quantitative estimate of drug-likeness (QED) is 0.602. The predicted octanol–water partition coefficient (Wildman–Crippen LogP) is 1.40. The summed E-state index contributed by atoms with van der Waals surface area (Å²) in [5.41, 5.74) is 5.71. The number of aromatic carboxylic acids is 1. The summed E-state index contributed by atoms with van der Waals surface area (Å²) >= 11 is 0. The van der Waals surface area contributed by atoms with Crippen LogP contribution in [0.25, 0.3) is 0 Å². The Kier molecular flexibility index (Phi) is 4.88. The fourth-order valence-corrected chi connectivity index (χ4v) is 1.55. The fourth-order valence-electron chi connectivity index (χ4n) is 1.55. The summed E-state index contributed by atoms with van der Waals surface area (Å²) in [4.78, 5) is 22.9. The molecule has 0 bridgehead atoms. The van der Waals surface area contributed by atoms with E-state index in [-0.39, 0.29) is 22.9 Å². The third kappa shape index (κ3) is 3.69. The number of hydrogen-bond acceptors (Lipinski definition) is 4. The SMILES string of the molecule is CCC(C)[C@H](N)C(=O)Nc1ccc(O)cc1C(=O)O. The van der Waals surface area contributed by atoms with Crippen LogP contribution < -0.4 is 11.1 Å². The van der Waals surface area contributed by atoms with Crippen LogP contribution in [0.5, 0.6) is 5.75 Å². The molecule has 104 valence electrons. The number of benzene rings is 1. The van der Waals surface area contributed by atoms with Gasteiger partial charge in [-0.3, -0.25) is 4.79 Å². The number of anilines is 1. The number of carbonyl (C=O) groups is 2. The third-order valence-electron chi connectivity index (χ3n) is 3.05. The van der Waals surface area contributed by atoms with Gasteiger partial charge in [0.2, 0.25) is 5.91 Å². The summed E-state index contributed by atoms with van der Waals surface area (Å²) in [6.07, 6.45) is 0.746. The summed E-state index contributed by atoms with van der Waals surface area (Å²) in [5.74, 6) is -1.86. The van der Waals surface area contributed by atoms with Gasteiger partial charge in [-0.1, -0.05) is 20.3 Å². The molecule has 5 N–H and O–H groups in total. The fraction of sp³-hybridized carbons (Fsp3) is 0.385. The molecule has 0 aromatic heterocycles. The minimum absolute atomic E-state index is 0.00890. The molecule has 6 nitrogen and oxygen atoms in total. The van der Waals surface area contributed by atoms with Crippen molar-refractivity contribution in [2.24, 2.45) is 11.7 Å². The second-order valence-corrected chi connectivity index (χ2v) is 4.44. The van der Waals surface area contributed by atoms with Crippen LogP contribution >= 0.6 is 0 Å². The van der Waals surface area contributed by atoms with E-state index in [1.165, 1.54) is 12.1 Å². The molecular weight excluding hydrogens is 248 g/mol. The molecule has 0 aliphatic carbocycles. The zero-order valence-corrected chi connectivity index (χ0v) is 10.9. The Morgan fingerprint density at radius 1 is 1.42 bits per heavy atom. The maximum Gasteiger partial charge on any atom is 0.337 e.